The van der Waals surface area contributed by atoms with Crippen LogP contribution in [0.1, 0.15) is 26.2 Å². The third kappa shape index (κ3) is 5.14. The number of hydrogen-bond acceptors (Lipinski definition) is 4. The van der Waals surface area contributed by atoms with Crippen molar-refractivity contribution >= 4 is 34.7 Å². The van der Waals surface area contributed by atoms with Crippen molar-refractivity contribution in [1.82, 2.24) is 4.98 Å². The molecule has 23 heavy (non-hydrogen) atoms. The Bertz CT molecular complexity index is 659. The van der Waals surface area contributed by atoms with Gasteiger partial charge in [-0.05, 0) is 36.8 Å². The van der Waals surface area contributed by atoms with E-state index in [1.165, 1.54) is 0 Å². The zero-order valence-electron chi connectivity index (χ0n) is 13.2. The summed E-state index contributed by atoms with van der Waals surface area (Å²) in [5.74, 6) is 1.21. The summed E-state index contributed by atoms with van der Waals surface area (Å²) >= 11 is 6.01. The molecule has 2 rings (SSSR count). The van der Waals surface area contributed by atoms with Crippen LogP contribution < -0.4 is 15.4 Å². The molecule has 0 aliphatic heterocycles. The van der Waals surface area contributed by atoms with E-state index < -0.39 is 0 Å². The SMILES string of the molecule is CCCCC(=O)Nc1ccc(Nc2cc(Cl)ccc2OC)cn1. The van der Waals surface area contributed by atoms with Crippen molar-refractivity contribution in [1.29, 1.82) is 0 Å². The maximum absolute atomic E-state index is 11.7. The lowest BCUT2D eigenvalue weighted by Crippen LogP contribution is -2.12. The zero-order chi connectivity index (χ0) is 16.7. The summed E-state index contributed by atoms with van der Waals surface area (Å²) < 4.78 is 5.29. The fraction of sp³-hybridized carbons (Fsp3) is 0.294. The van der Waals surface area contributed by atoms with E-state index in [0.717, 1.165) is 24.2 Å². The third-order valence-electron chi connectivity index (χ3n) is 3.23. The molecule has 0 bridgehead atoms. The number of benzene rings is 1. The van der Waals surface area contributed by atoms with Gasteiger partial charge in [-0.15, -0.1) is 0 Å². The Morgan fingerprint density at radius 1 is 1.30 bits per heavy atom. The van der Waals surface area contributed by atoms with E-state index in [9.17, 15) is 4.79 Å². The summed E-state index contributed by atoms with van der Waals surface area (Å²) in [4.78, 5) is 15.9. The predicted octanol–water partition coefficient (Wildman–Crippen LogP) is 4.62. The first-order chi connectivity index (χ1) is 11.1. The molecule has 5 nitrogen and oxygen atoms in total. The fourth-order valence-corrected chi connectivity index (χ4v) is 2.19. The van der Waals surface area contributed by atoms with Crippen molar-refractivity contribution in [3.63, 3.8) is 0 Å². The number of unbranched alkanes of at least 4 members (excludes halogenated alkanes) is 1. The van der Waals surface area contributed by atoms with Gasteiger partial charge < -0.3 is 15.4 Å². The van der Waals surface area contributed by atoms with E-state index in [1.54, 1.807) is 37.6 Å². The minimum Gasteiger partial charge on any atom is -0.495 e. The van der Waals surface area contributed by atoms with Crippen LogP contribution in [-0.2, 0) is 4.79 Å². The Balaban J connectivity index is 2.03. The molecule has 0 saturated heterocycles. The molecular weight excluding hydrogens is 314 g/mol. The molecule has 0 aliphatic carbocycles. The van der Waals surface area contributed by atoms with Gasteiger partial charge in [-0.1, -0.05) is 24.9 Å². The van der Waals surface area contributed by atoms with Gasteiger partial charge in [0, 0.05) is 11.4 Å². The molecule has 2 aromatic rings. The number of carbonyl (C=O) groups excluding carboxylic acids is 1. The van der Waals surface area contributed by atoms with Crippen molar-refractivity contribution in [3.8, 4) is 5.75 Å². The van der Waals surface area contributed by atoms with Gasteiger partial charge in [-0.3, -0.25) is 4.79 Å². The van der Waals surface area contributed by atoms with Crippen LogP contribution in [0, 0.1) is 0 Å². The van der Waals surface area contributed by atoms with Gasteiger partial charge in [-0.25, -0.2) is 4.98 Å². The number of halogens is 1. The largest absolute Gasteiger partial charge is 0.495 e. The summed E-state index contributed by atoms with van der Waals surface area (Å²) in [6.07, 6.45) is 4.03. The Hall–Kier alpha value is -2.27. The predicted molar refractivity (Wildman–Crippen MR) is 93.7 cm³/mol. The number of methoxy groups -OCH3 is 1. The molecule has 0 fully saturated rings. The van der Waals surface area contributed by atoms with Gasteiger partial charge in [0.05, 0.1) is 24.7 Å². The Labute approximate surface area is 141 Å². The first kappa shape index (κ1) is 17.1. The quantitative estimate of drug-likeness (QED) is 0.776. The number of hydrogen-bond donors (Lipinski definition) is 2. The van der Waals surface area contributed by atoms with E-state index >= 15 is 0 Å². The Morgan fingerprint density at radius 3 is 2.78 bits per heavy atom. The number of carbonyl (C=O) groups is 1. The molecule has 2 N–H and O–H groups in total. The second kappa shape index (κ2) is 8.39. The monoisotopic (exact) mass is 333 g/mol. The van der Waals surface area contributed by atoms with E-state index in [1.807, 2.05) is 6.07 Å². The van der Waals surface area contributed by atoms with E-state index in [2.05, 4.69) is 22.5 Å². The van der Waals surface area contributed by atoms with Gasteiger partial charge in [0.1, 0.15) is 11.6 Å². The number of nitrogens with one attached hydrogen (secondary N) is 2. The van der Waals surface area contributed by atoms with Gasteiger partial charge in [0.2, 0.25) is 5.91 Å². The molecule has 122 valence electrons. The molecule has 0 unspecified atom stereocenters. The standard InChI is InChI=1S/C17H20ClN3O2/c1-3-4-5-17(22)21-16-9-7-13(11-19-16)20-14-10-12(18)6-8-15(14)23-2/h6-11,20H,3-5H2,1-2H3,(H,19,21,22). The van der Waals surface area contributed by atoms with E-state index in [-0.39, 0.29) is 5.91 Å². The van der Waals surface area contributed by atoms with Crippen LogP contribution in [0.15, 0.2) is 36.5 Å². The fourth-order valence-electron chi connectivity index (χ4n) is 2.02. The van der Waals surface area contributed by atoms with Crippen molar-refractivity contribution in [2.24, 2.45) is 0 Å². The van der Waals surface area contributed by atoms with Crippen LogP contribution >= 0.6 is 11.6 Å². The van der Waals surface area contributed by atoms with E-state index in [4.69, 9.17) is 16.3 Å². The number of anilines is 3. The van der Waals surface area contributed by atoms with Crippen LogP contribution in [0.3, 0.4) is 0 Å². The number of ether oxygens (including phenoxy) is 1. The number of amides is 1. The lowest BCUT2D eigenvalue weighted by atomic mass is 10.2. The van der Waals surface area contributed by atoms with Crippen LogP contribution in [0.4, 0.5) is 17.2 Å². The molecule has 0 radical (unpaired) electrons. The maximum atomic E-state index is 11.7. The Morgan fingerprint density at radius 2 is 2.13 bits per heavy atom. The molecule has 0 saturated carbocycles. The summed E-state index contributed by atoms with van der Waals surface area (Å²) in [6, 6.07) is 8.92. The van der Waals surface area contributed by atoms with Gasteiger partial charge in [0.25, 0.3) is 0 Å². The average Bonchev–Trinajstić information content (AvgIpc) is 2.55. The molecular formula is C17H20ClN3O2. The minimum absolute atomic E-state index is 0.0171. The maximum Gasteiger partial charge on any atom is 0.225 e. The molecule has 0 atom stereocenters. The lowest BCUT2D eigenvalue weighted by Gasteiger charge is -2.12. The molecule has 1 amide bonds. The molecule has 0 spiro atoms. The summed E-state index contributed by atoms with van der Waals surface area (Å²) in [5, 5.41) is 6.58. The Kier molecular flexibility index (Phi) is 6.23. The second-order valence-electron chi connectivity index (χ2n) is 5.05. The highest BCUT2D eigenvalue weighted by Gasteiger charge is 2.06. The summed E-state index contributed by atoms with van der Waals surface area (Å²) in [5.41, 5.74) is 1.53. The van der Waals surface area contributed by atoms with Crippen LogP contribution in [0.25, 0.3) is 0 Å². The smallest absolute Gasteiger partial charge is 0.225 e. The van der Waals surface area contributed by atoms with Crippen LogP contribution in [0.5, 0.6) is 5.75 Å². The number of rotatable bonds is 7. The number of pyridine rings is 1. The first-order valence-corrected chi connectivity index (χ1v) is 7.86. The number of nitrogens with zero attached hydrogens (tertiary/aromatic N) is 1. The van der Waals surface area contributed by atoms with Crippen molar-refractivity contribution in [2.75, 3.05) is 17.7 Å². The van der Waals surface area contributed by atoms with Crippen molar-refractivity contribution in [2.45, 2.75) is 26.2 Å². The minimum atomic E-state index is -0.0171. The number of aromatic nitrogens is 1. The van der Waals surface area contributed by atoms with Crippen LogP contribution in [-0.4, -0.2) is 18.0 Å². The van der Waals surface area contributed by atoms with Gasteiger partial charge in [0.15, 0.2) is 0 Å². The second-order valence-corrected chi connectivity index (χ2v) is 5.49. The molecule has 6 heteroatoms. The highest BCUT2D eigenvalue weighted by Crippen LogP contribution is 2.30. The van der Waals surface area contributed by atoms with E-state index in [0.29, 0.717) is 23.0 Å². The average molecular weight is 334 g/mol. The normalized spacial score (nSPS) is 10.2. The van der Waals surface area contributed by atoms with Gasteiger partial charge in [-0.2, -0.15) is 0 Å². The zero-order valence-corrected chi connectivity index (χ0v) is 14.0. The van der Waals surface area contributed by atoms with Crippen LogP contribution in [0.2, 0.25) is 5.02 Å². The molecule has 1 aromatic carbocycles. The third-order valence-corrected chi connectivity index (χ3v) is 3.46. The summed E-state index contributed by atoms with van der Waals surface area (Å²) in [6.45, 7) is 2.05. The molecule has 1 heterocycles. The topological polar surface area (TPSA) is 63.2 Å². The van der Waals surface area contributed by atoms with Crippen molar-refractivity contribution < 1.29 is 9.53 Å². The molecule has 0 aliphatic rings. The highest BCUT2D eigenvalue weighted by atomic mass is 35.5. The first-order valence-electron chi connectivity index (χ1n) is 7.49. The summed E-state index contributed by atoms with van der Waals surface area (Å²) in [7, 11) is 1.60. The highest BCUT2D eigenvalue weighted by molar-refractivity contribution is 6.31. The van der Waals surface area contributed by atoms with Gasteiger partial charge >= 0.3 is 0 Å². The van der Waals surface area contributed by atoms with Crippen molar-refractivity contribution in [3.05, 3.63) is 41.6 Å². The lowest BCUT2D eigenvalue weighted by molar-refractivity contribution is -0.116. The molecule has 1 aromatic heterocycles.